The zero-order valence-electron chi connectivity index (χ0n) is 19.3. The number of nitrogens with zero attached hydrogens (tertiary/aromatic N) is 1. The van der Waals surface area contributed by atoms with E-state index >= 15 is 0 Å². The quantitative estimate of drug-likeness (QED) is 0.234. The van der Waals surface area contributed by atoms with Crippen molar-refractivity contribution in [1.82, 2.24) is 0 Å². The third-order valence-electron chi connectivity index (χ3n) is 5.83. The Labute approximate surface area is 197 Å². The molecule has 0 unspecified atom stereocenters. The second-order valence-electron chi connectivity index (χ2n) is 8.11. The number of aryl methyl sites for hydroxylation is 1. The normalized spacial score (nSPS) is 10.7. The van der Waals surface area contributed by atoms with E-state index in [1.54, 1.807) is 0 Å². The summed E-state index contributed by atoms with van der Waals surface area (Å²) in [4.78, 5) is 2.30. The highest BCUT2D eigenvalue weighted by Crippen LogP contribution is 2.34. The number of benzene rings is 4. The van der Waals surface area contributed by atoms with Crippen LogP contribution in [0.3, 0.4) is 0 Å². The van der Waals surface area contributed by atoms with Gasteiger partial charge in [-0.2, -0.15) is 0 Å². The molecule has 0 heterocycles. The molecule has 0 aliphatic heterocycles. The molecule has 0 atom stereocenters. The molecule has 4 rings (SSSR count). The maximum absolute atomic E-state index is 5.90. The van der Waals surface area contributed by atoms with Crippen LogP contribution in [0.5, 0.6) is 0 Å². The zero-order valence-corrected chi connectivity index (χ0v) is 19.3. The molecule has 33 heavy (non-hydrogen) atoms. The molecule has 0 saturated heterocycles. The number of hydrogen-bond donors (Lipinski definition) is 0. The maximum Gasteiger partial charge on any atom is 0.0717 e. The molecule has 0 aliphatic rings. The molecular formula is C31H31NO. The van der Waals surface area contributed by atoms with Crippen LogP contribution in [-0.4, -0.2) is 6.61 Å². The topological polar surface area (TPSA) is 12.5 Å². The van der Waals surface area contributed by atoms with E-state index in [1.807, 2.05) is 6.08 Å². The van der Waals surface area contributed by atoms with Crippen LogP contribution in [-0.2, 0) is 24.2 Å². The average molecular weight is 434 g/mol. The van der Waals surface area contributed by atoms with Crippen molar-refractivity contribution >= 4 is 23.1 Å². The summed E-state index contributed by atoms with van der Waals surface area (Å²) >= 11 is 0. The van der Waals surface area contributed by atoms with E-state index in [9.17, 15) is 0 Å². The van der Waals surface area contributed by atoms with Gasteiger partial charge in [0, 0.05) is 17.1 Å². The molecule has 2 heteroatoms. The van der Waals surface area contributed by atoms with Crippen LogP contribution in [0.2, 0.25) is 0 Å². The van der Waals surface area contributed by atoms with Crippen molar-refractivity contribution < 1.29 is 4.74 Å². The van der Waals surface area contributed by atoms with E-state index in [1.165, 1.54) is 16.7 Å². The minimum atomic E-state index is 0.630. The van der Waals surface area contributed by atoms with Gasteiger partial charge in [-0.25, -0.2) is 0 Å². The van der Waals surface area contributed by atoms with Gasteiger partial charge in [-0.3, -0.25) is 0 Å². The lowest BCUT2D eigenvalue weighted by Crippen LogP contribution is -2.10. The first-order valence-corrected chi connectivity index (χ1v) is 11.6. The minimum absolute atomic E-state index is 0.630. The monoisotopic (exact) mass is 433 g/mol. The Morgan fingerprint density at radius 1 is 0.667 bits per heavy atom. The first kappa shape index (κ1) is 22.6. The maximum atomic E-state index is 5.90. The molecule has 166 valence electrons. The molecule has 0 fully saturated rings. The number of rotatable bonds is 10. The summed E-state index contributed by atoms with van der Waals surface area (Å²) in [6.45, 7) is 7.31. The van der Waals surface area contributed by atoms with Crippen LogP contribution in [0.4, 0.5) is 17.1 Å². The molecule has 0 spiro atoms. The smallest absolute Gasteiger partial charge is 0.0717 e. The SMILES string of the molecule is C=Cc1ccc(COCCc2ccc(N(c3ccccc3)c3ccc(CC)cc3)cc2)cc1. The predicted molar refractivity (Wildman–Crippen MR) is 140 cm³/mol. The second-order valence-corrected chi connectivity index (χ2v) is 8.11. The van der Waals surface area contributed by atoms with Gasteiger partial charge < -0.3 is 9.64 Å². The lowest BCUT2D eigenvalue weighted by atomic mass is 10.1. The van der Waals surface area contributed by atoms with Crippen LogP contribution >= 0.6 is 0 Å². The van der Waals surface area contributed by atoms with Crippen LogP contribution in [0, 0.1) is 0 Å². The number of hydrogen-bond acceptors (Lipinski definition) is 2. The molecule has 2 nitrogen and oxygen atoms in total. The van der Waals surface area contributed by atoms with Crippen LogP contribution < -0.4 is 4.90 Å². The Morgan fingerprint density at radius 2 is 1.21 bits per heavy atom. The lowest BCUT2D eigenvalue weighted by Gasteiger charge is -2.25. The Hall–Kier alpha value is -3.62. The minimum Gasteiger partial charge on any atom is -0.376 e. The summed E-state index contributed by atoms with van der Waals surface area (Å²) in [5.74, 6) is 0. The number of anilines is 3. The molecule has 0 saturated carbocycles. The van der Waals surface area contributed by atoms with Gasteiger partial charge in [0.1, 0.15) is 0 Å². The fourth-order valence-electron chi connectivity index (χ4n) is 3.85. The van der Waals surface area contributed by atoms with Crippen molar-refractivity contribution in [3.8, 4) is 0 Å². The van der Waals surface area contributed by atoms with Crippen LogP contribution in [0.25, 0.3) is 6.08 Å². The zero-order chi connectivity index (χ0) is 22.9. The fraction of sp³-hybridized carbons (Fsp3) is 0.161. The molecule has 0 aromatic heterocycles. The number of ether oxygens (including phenoxy) is 1. The van der Waals surface area contributed by atoms with Gasteiger partial charge >= 0.3 is 0 Å². The Morgan fingerprint density at radius 3 is 1.79 bits per heavy atom. The molecule has 4 aromatic rings. The summed E-state index contributed by atoms with van der Waals surface area (Å²) < 4.78 is 5.90. The van der Waals surface area contributed by atoms with Crippen molar-refractivity contribution in [1.29, 1.82) is 0 Å². The second kappa shape index (κ2) is 11.3. The molecule has 0 N–H and O–H groups in total. The van der Waals surface area contributed by atoms with Gasteiger partial charge in [0.25, 0.3) is 0 Å². The van der Waals surface area contributed by atoms with E-state index in [0.717, 1.165) is 35.5 Å². The molecule has 0 aliphatic carbocycles. The van der Waals surface area contributed by atoms with Crippen LogP contribution in [0.1, 0.15) is 29.2 Å². The first-order chi connectivity index (χ1) is 16.3. The third-order valence-corrected chi connectivity index (χ3v) is 5.83. The van der Waals surface area contributed by atoms with E-state index in [0.29, 0.717) is 13.2 Å². The summed E-state index contributed by atoms with van der Waals surface area (Å²) in [5.41, 5.74) is 8.40. The van der Waals surface area contributed by atoms with Gasteiger partial charge in [-0.15, -0.1) is 0 Å². The summed E-state index contributed by atoms with van der Waals surface area (Å²) in [5, 5.41) is 0. The van der Waals surface area contributed by atoms with E-state index < -0.39 is 0 Å². The largest absolute Gasteiger partial charge is 0.376 e. The third kappa shape index (κ3) is 6.00. The van der Waals surface area contributed by atoms with Crippen molar-refractivity contribution in [3.05, 3.63) is 132 Å². The van der Waals surface area contributed by atoms with Crippen molar-refractivity contribution in [2.75, 3.05) is 11.5 Å². The fourth-order valence-corrected chi connectivity index (χ4v) is 3.85. The van der Waals surface area contributed by atoms with Gasteiger partial charge in [0.2, 0.25) is 0 Å². The highest BCUT2D eigenvalue weighted by molar-refractivity contribution is 5.76. The predicted octanol–water partition coefficient (Wildman–Crippen LogP) is 8.12. The molecule has 0 radical (unpaired) electrons. The van der Waals surface area contributed by atoms with Crippen LogP contribution in [0.15, 0.2) is 110 Å². The highest BCUT2D eigenvalue weighted by Gasteiger charge is 2.12. The van der Waals surface area contributed by atoms with Crippen molar-refractivity contribution in [2.24, 2.45) is 0 Å². The molecular weight excluding hydrogens is 402 g/mol. The first-order valence-electron chi connectivity index (χ1n) is 11.6. The van der Waals surface area contributed by atoms with Gasteiger partial charge in [-0.1, -0.05) is 86.3 Å². The van der Waals surface area contributed by atoms with Crippen molar-refractivity contribution in [3.63, 3.8) is 0 Å². The van der Waals surface area contributed by atoms with Gasteiger partial charge in [0.05, 0.1) is 13.2 Å². The Kier molecular flexibility index (Phi) is 7.73. The standard InChI is InChI=1S/C31H31NO/c1-3-25-10-12-28(13-11-25)24-33-23-22-27-16-20-31(21-17-27)32(29-8-6-5-7-9-29)30-18-14-26(4-2)15-19-30/h3,5-21H,1,4,22-24H2,2H3. The van der Waals surface area contributed by atoms with Crippen molar-refractivity contribution in [2.45, 2.75) is 26.4 Å². The van der Waals surface area contributed by atoms with Gasteiger partial charge in [0.15, 0.2) is 0 Å². The summed E-state index contributed by atoms with van der Waals surface area (Å²) in [6.07, 6.45) is 3.79. The molecule has 0 bridgehead atoms. The van der Waals surface area contributed by atoms with E-state index in [2.05, 4.69) is 122 Å². The van der Waals surface area contributed by atoms with Gasteiger partial charge in [-0.05, 0) is 71.5 Å². The van der Waals surface area contributed by atoms with E-state index in [-0.39, 0.29) is 0 Å². The Balaban J connectivity index is 1.42. The summed E-state index contributed by atoms with van der Waals surface area (Å²) in [6, 6.07) is 36.5. The Bertz CT molecular complexity index is 1130. The molecule has 0 amide bonds. The lowest BCUT2D eigenvalue weighted by molar-refractivity contribution is 0.124. The molecule has 4 aromatic carbocycles. The average Bonchev–Trinajstić information content (AvgIpc) is 2.89. The summed E-state index contributed by atoms with van der Waals surface area (Å²) in [7, 11) is 0. The van der Waals surface area contributed by atoms with E-state index in [4.69, 9.17) is 4.74 Å². The highest BCUT2D eigenvalue weighted by atomic mass is 16.5. The number of para-hydroxylation sites is 1.